The number of carbonyl (C=O) groups excluding carboxylic acids is 2. The van der Waals surface area contributed by atoms with E-state index < -0.39 is 17.9 Å². The molecule has 1 aromatic rings. The maximum absolute atomic E-state index is 13.2. The van der Waals surface area contributed by atoms with Gasteiger partial charge in [0.15, 0.2) is 0 Å². The van der Waals surface area contributed by atoms with Crippen LogP contribution in [0.5, 0.6) is 0 Å². The van der Waals surface area contributed by atoms with Crippen molar-refractivity contribution in [2.24, 2.45) is 0 Å². The Morgan fingerprint density at radius 3 is 2.27 bits per heavy atom. The minimum absolute atomic E-state index is 0.165. The summed E-state index contributed by atoms with van der Waals surface area (Å²) in [6.45, 7) is 1.85. The molecule has 1 atom stereocenters. The lowest BCUT2D eigenvalue weighted by atomic mass is 10.1. The number of halogens is 1. The first-order valence-electron chi connectivity index (χ1n) is 4.39. The maximum atomic E-state index is 13.2. The molecule has 4 heteroatoms. The number of hydrogen-bond acceptors (Lipinski definition) is 3. The average molecular weight is 210 g/mol. The van der Waals surface area contributed by atoms with Crippen LogP contribution >= 0.6 is 0 Å². The van der Waals surface area contributed by atoms with Crippen LogP contribution in [0.25, 0.3) is 0 Å². The van der Waals surface area contributed by atoms with Gasteiger partial charge in [-0.2, -0.15) is 0 Å². The van der Waals surface area contributed by atoms with E-state index in [2.05, 4.69) is 4.74 Å². The molecule has 0 fully saturated rings. The second-order valence-electron chi connectivity index (χ2n) is 3.12. The lowest BCUT2D eigenvalue weighted by Crippen LogP contribution is -2.26. The highest BCUT2D eigenvalue weighted by atomic mass is 19.1. The Hall–Kier alpha value is -1.71. The number of aryl methyl sites for hydroxylation is 1. The van der Waals surface area contributed by atoms with Gasteiger partial charge in [-0.1, -0.05) is 29.8 Å². The summed E-state index contributed by atoms with van der Waals surface area (Å²) in [5.41, 5.74) is 1.12. The fourth-order valence-electron chi connectivity index (χ4n) is 1.07. The van der Waals surface area contributed by atoms with Crippen molar-refractivity contribution >= 4 is 11.8 Å². The Morgan fingerprint density at radius 2 is 1.80 bits per heavy atom. The largest absolute Gasteiger partial charge is 0.467 e. The molecule has 0 aliphatic rings. The minimum Gasteiger partial charge on any atom is -0.467 e. The summed E-state index contributed by atoms with van der Waals surface area (Å²) in [5, 5.41) is 0. The van der Waals surface area contributed by atoms with Crippen LogP contribution in [0.1, 0.15) is 15.9 Å². The Labute approximate surface area is 86.9 Å². The predicted octanol–water partition coefficient (Wildman–Crippen LogP) is 1.69. The van der Waals surface area contributed by atoms with Crippen molar-refractivity contribution in [2.75, 3.05) is 7.11 Å². The van der Waals surface area contributed by atoms with Gasteiger partial charge in [-0.05, 0) is 6.92 Å². The number of esters is 1. The summed E-state index contributed by atoms with van der Waals surface area (Å²) < 4.78 is 17.3. The van der Waals surface area contributed by atoms with E-state index in [0.717, 1.165) is 12.7 Å². The van der Waals surface area contributed by atoms with Crippen LogP contribution in [-0.4, -0.2) is 25.0 Å². The zero-order valence-corrected chi connectivity index (χ0v) is 8.49. The third kappa shape index (κ3) is 2.62. The van der Waals surface area contributed by atoms with E-state index in [-0.39, 0.29) is 5.56 Å². The van der Waals surface area contributed by atoms with Crippen LogP contribution in [0.2, 0.25) is 0 Å². The summed E-state index contributed by atoms with van der Waals surface area (Å²) >= 11 is 0. The first-order valence-corrected chi connectivity index (χ1v) is 4.39. The lowest BCUT2D eigenvalue weighted by molar-refractivity contribution is -0.144. The summed E-state index contributed by atoms with van der Waals surface area (Å²) in [7, 11) is 1.04. The topological polar surface area (TPSA) is 43.4 Å². The number of methoxy groups -OCH3 is 1. The molecule has 0 bridgehead atoms. The van der Waals surface area contributed by atoms with Gasteiger partial charge in [-0.3, -0.25) is 4.79 Å². The Bertz CT molecular complexity index is 370. The molecule has 15 heavy (non-hydrogen) atoms. The van der Waals surface area contributed by atoms with Crippen molar-refractivity contribution in [1.29, 1.82) is 0 Å². The third-order valence-electron chi connectivity index (χ3n) is 1.97. The van der Waals surface area contributed by atoms with Crippen LogP contribution in [0.15, 0.2) is 24.3 Å². The third-order valence-corrected chi connectivity index (χ3v) is 1.97. The molecule has 0 N–H and O–H groups in total. The standard InChI is InChI=1S/C11H11FO3/c1-7-3-5-8(6-4-7)10(13)9(12)11(14)15-2/h3-6,9H,1-2H3. The van der Waals surface area contributed by atoms with E-state index in [1.54, 1.807) is 12.1 Å². The van der Waals surface area contributed by atoms with Crippen molar-refractivity contribution in [3.05, 3.63) is 35.4 Å². The molecule has 0 spiro atoms. The first-order chi connectivity index (χ1) is 7.06. The number of alkyl halides is 1. The number of ketones is 1. The monoisotopic (exact) mass is 210 g/mol. The molecule has 1 aromatic carbocycles. The Kier molecular flexibility index (Phi) is 3.55. The minimum atomic E-state index is -2.24. The molecule has 0 aliphatic heterocycles. The number of benzene rings is 1. The normalized spacial score (nSPS) is 11.9. The highest BCUT2D eigenvalue weighted by Crippen LogP contribution is 2.09. The van der Waals surface area contributed by atoms with E-state index in [1.165, 1.54) is 12.1 Å². The van der Waals surface area contributed by atoms with Gasteiger partial charge in [0.05, 0.1) is 7.11 Å². The molecule has 0 amide bonds. The van der Waals surface area contributed by atoms with Crippen molar-refractivity contribution in [3.8, 4) is 0 Å². The second-order valence-corrected chi connectivity index (χ2v) is 3.12. The Morgan fingerprint density at radius 1 is 1.27 bits per heavy atom. The van der Waals surface area contributed by atoms with E-state index in [9.17, 15) is 14.0 Å². The first kappa shape index (κ1) is 11.4. The summed E-state index contributed by atoms with van der Waals surface area (Å²) in [6.07, 6.45) is -2.24. The predicted molar refractivity (Wildman–Crippen MR) is 52.4 cm³/mol. The molecule has 0 aromatic heterocycles. The Balaban J connectivity index is 2.85. The van der Waals surface area contributed by atoms with Crippen molar-refractivity contribution in [2.45, 2.75) is 13.1 Å². The van der Waals surface area contributed by atoms with E-state index >= 15 is 0 Å². The van der Waals surface area contributed by atoms with Crippen LogP contribution < -0.4 is 0 Å². The SMILES string of the molecule is COC(=O)C(F)C(=O)c1ccc(C)cc1. The smallest absolute Gasteiger partial charge is 0.348 e. The molecule has 0 heterocycles. The maximum Gasteiger partial charge on any atom is 0.348 e. The fraction of sp³-hybridized carbons (Fsp3) is 0.273. The lowest BCUT2D eigenvalue weighted by Gasteiger charge is -2.05. The number of hydrogen-bond donors (Lipinski definition) is 0. The fourth-order valence-corrected chi connectivity index (χ4v) is 1.07. The molecule has 1 unspecified atom stereocenters. The van der Waals surface area contributed by atoms with E-state index in [0.29, 0.717) is 0 Å². The van der Waals surface area contributed by atoms with Gasteiger partial charge >= 0.3 is 5.97 Å². The molecule has 3 nitrogen and oxygen atoms in total. The second kappa shape index (κ2) is 4.68. The molecule has 1 rings (SSSR count). The van der Waals surface area contributed by atoms with Crippen molar-refractivity contribution in [1.82, 2.24) is 0 Å². The van der Waals surface area contributed by atoms with Crippen LogP contribution in [0.3, 0.4) is 0 Å². The highest BCUT2D eigenvalue weighted by molar-refractivity contribution is 6.10. The number of Topliss-reactive ketones (excluding diaryl/α,β-unsaturated/α-hetero) is 1. The highest BCUT2D eigenvalue weighted by Gasteiger charge is 2.27. The molecule has 80 valence electrons. The zero-order chi connectivity index (χ0) is 11.4. The molecule has 0 radical (unpaired) electrons. The summed E-state index contributed by atoms with van der Waals surface area (Å²) in [6, 6.07) is 6.31. The van der Waals surface area contributed by atoms with Gasteiger partial charge in [0.1, 0.15) is 0 Å². The van der Waals surface area contributed by atoms with Crippen LogP contribution in [-0.2, 0) is 9.53 Å². The molecule has 0 saturated carbocycles. The van der Waals surface area contributed by atoms with E-state index in [4.69, 9.17) is 0 Å². The number of ether oxygens (including phenoxy) is 1. The number of rotatable bonds is 3. The summed E-state index contributed by atoms with van der Waals surface area (Å²) in [4.78, 5) is 22.2. The summed E-state index contributed by atoms with van der Waals surface area (Å²) in [5.74, 6) is -2.04. The van der Waals surface area contributed by atoms with Crippen molar-refractivity contribution in [3.63, 3.8) is 0 Å². The van der Waals surface area contributed by atoms with Gasteiger partial charge in [0.2, 0.25) is 5.78 Å². The van der Waals surface area contributed by atoms with Gasteiger partial charge < -0.3 is 4.74 Å². The quantitative estimate of drug-likeness (QED) is 0.433. The molecular formula is C11H11FO3. The van der Waals surface area contributed by atoms with Gasteiger partial charge in [-0.15, -0.1) is 0 Å². The molecule has 0 aliphatic carbocycles. The van der Waals surface area contributed by atoms with Gasteiger partial charge in [0, 0.05) is 5.56 Å². The average Bonchev–Trinajstić information content (AvgIpc) is 2.27. The van der Waals surface area contributed by atoms with Crippen LogP contribution in [0, 0.1) is 6.92 Å². The van der Waals surface area contributed by atoms with Crippen LogP contribution in [0.4, 0.5) is 4.39 Å². The molecule has 0 saturated heterocycles. The van der Waals surface area contributed by atoms with Crippen molar-refractivity contribution < 1.29 is 18.7 Å². The van der Waals surface area contributed by atoms with Gasteiger partial charge in [0.25, 0.3) is 6.17 Å². The zero-order valence-electron chi connectivity index (χ0n) is 8.49. The van der Waals surface area contributed by atoms with Gasteiger partial charge in [-0.25, -0.2) is 9.18 Å². The van der Waals surface area contributed by atoms with E-state index in [1.807, 2.05) is 6.92 Å². The molecular weight excluding hydrogens is 199 g/mol. The number of carbonyl (C=O) groups is 2.